The molecule has 2 aliphatic rings. The van der Waals surface area contributed by atoms with Gasteiger partial charge in [-0.05, 0) is 154 Å². The third-order valence-electron chi connectivity index (χ3n) is 16.1. The largest absolute Gasteiger partial charge is 0.490 e. The van der Waals surface area contributed by atoms with E-state index in [9.17, 15) is 93.4 Å². The number of carboxylic acid groups (broad SMARTS) is 1. The van der Waals surface area contributed by atoms with Crippen molar-refractivity contribution >= 4 is 41.4 Å². The summed E-state index contributed by atoms with van der Waals surface area (Å²) in [6.07, 6.45) is -23.7. The van der Waals surface area contributed by atoms with Gasteiger partial charge in [0.05, 0.1) is 108 Å². The van der Waals surface area contributed by atoms with Crippen LogP contribution in [0.2, 0.25) is 0 Å². The SMILES string of the molecule is CCCCCOc1cnc(N(Cc2cc(C(F)(F)F)cc(C(F)(F)F)c2)[C@H]2C[C@@H](CC)N(C(=O)OCC)c3ccc(C(F)(F)F)cc32)nc1.CCOC(=O)N1c2ccc(C(F)(F)F)cc2[C@@H](N(Cc2cc(C(F)(F)F)cc(C(F)(F)F)c2)c2ncc(OCCCCC(=O)O)cn2)C[C@H]1CC. The Labute approximate surface area is 561 Å². The summed E-state index contributed by atoms with van der Waals surface area (Å²) in [5.74, 6) is -1.13. The Hall–Kier alpha value is -9.01. The molecule has 0 saturated heterocycles. The van der Waals surface area contributed by atoms with Crippen molar-refractivity contribution in [3.63, 3.8) is 0 Å². The van der Waals surface area contributed by atoms with Gasteiger partial charge in [-0.15, -0.1) is 0 Å². The maximum atomic E-state index is 14.0. The van der Waals surface area contributed by atoms with Gasteiger partial charge in [-0.3, -0.25) is 14.6 Å². The van der Waals surface area contributed by atoms with Crippen LogP contribution in [0, 0.1) is 0 Å². The molecule has 0 aliphatic carbocycles. The molecular weight excluding hydrogens is 1370 g/mol. The summed E-state index contributed by atoms with van der Waals surface area (Å²) >= 11 is 0. The Morgan fingerprint density at radius 2 is 0.790 bits per heavy atom. The number of alkyl halides is 18. The van der Waals surface area contributed by atoms with E-state index in [0.717, 1.165) is 68.1 Å². The highest BCUT2D eigenvalue weighted by atomic mass is 19.4. The van der Waals surface area contributed by atoms with Crippen LogP contribution in [0.25, 0.3) is 0 Å². The summed E-state index contributed by atoms with van der Waals surface area (Å²) in [6.45, 7) is 7.43. The summed E-state index contributed by atoms with van der Waals surface area (Å²) in [5.41, 5.74) is -9.59. The lowest BCUT2D eigenvalue weighted by atomic mass is 9.87. The number of carbonyl (C=O) groups is 3. The molecule has 4 heterocycles. The van der Waals surface area contributed by atoms with Crippen LogP contribution in [0.1, 0.15) is 167 Å². The number of benzene rings is 4. The van der Waals surface area contributed by atoms with Gasteiger partial charge in [0.25, 0.3) is 0 Å². The number of halogens is 18. The number of hydrogen-bond donors (Lipinski definition) is 1. The van der Waals surface area contributed by atoms with Crippen LogP contribution in [-0.2, 0) is 64.4 Å². The third-order valence-corrected chi connectivity index (χ3v) is 16.1. The summed E-state index contributed by atoms with van der Waals surface area (Å²) in [7, 11) is 0. The van der Waals surface area contributed by atoms with Gasteiger partial charge in [0.1, 0.15) is 0 Å². The van der Waals surface area contributed by atoms with Crippen molar-refractivity contribution < 1.29 is 117 Å². The van der Waals surface area contributed by atoms with Crippen molar-refractivity contribution in [2.75, 3.05) is 46.0 Å². The topological polar surface area (TPSA) is 173 Å². The molecule has 8 rings (SSSR count). The van der Waals surface area contributed by atoms with E-state index in [2.05, 4.69) is 19.9 Å². The Bertz CT molecular complexity index is 3680. The van der Waals surface area contributed by atoms with Gasteiger partial charge >= 0.3 is 55.2 Å². The number of aromatic nitrogens is 4. The minimum atomic E-state index is -5.17. The highest BCUT2D eigenvalue weighted by Crippen LogP contribution is 2.49. The first-order chi connectivity index (χ1) is 46.8. The Morgan fingerprint density at radius 3 is 1.08 bits per heavy atom. The standard InChI is InChI=1S/C33H33F9N4O5.C33H35F9N4O3/c1-3-23-15-27(25-14-20(31(34,35)36)8-9-26(25)46(23)30(49)50-4-2)45(29-43-16-24(17-44-29)51-10-6-5-7-28(47)48)18-19-11-21(32(37,38)39)13-22(12-19)33(40,41)42;1-4-7-8-11-49-25-17-43-29(44-18-25)45(19-20-12-22(32(37,38)39)14-23(13-20)33(40,41)42)28-16-24(5-2)46(30(47)48-6-3)27-10-9-21(15-26(27)28)31(34,35)36/h8-9,11-14,16-17,23,27H,3-7,10,15,18H2,1-2H3,(H,47,48);9-10,12-15,17-18,24,28H,4-8,11,16,19H2,1-3H3/t23-,27+;24-,28+/m11/s1. The van der Waals surface area contributed by atoms with Crippen molar-refractivity contribution in [1.29, 1.82) is 0 Å². The molecule has 6 aromatic rings. The minimum absolute atomic E-state index is 0.00381. The van der Waals surface area contributed by atoms with Crippen molar-refractivity contribution in [3.05, 3.63) is 153 Å². The van der Waals surface area contributed by atoms with E-state index in [4.69, 9.17) is 24.1 Å². The summed E-state index contributed by atoms with van der Waals surface area (Å²) in [6, 6.07) is 3.58. The number of ether oxygens (including phenoxy) is 4. The van der Waals surface area contributed by atoms with Gasteiger partial charge in [0, 0.05) is 31.6 Å². The fourth-order valence-electron chi connectivity index (χ4n) is 11.4. The summed E-state index contributed by atoms with van der Waals surface area (Å²) < 4.78 is 271. The number of rotatable bonds is 23. The molecule has 1 N–H and O–H groups in total. The molecule has 2 aliphatic heterocycles. The van der Waals surface area contributed by atoms with Crippen molar-refractivity contribution in [2.45, 2.75) is 173 Å². The van der Waals surface area contributed by atoms with Gasteiger partial charge in [-0.2, -0.15) is 79.0 Å². The van der Waals surface area contributed by atoms with Crippen molar-refractivity contribution in [1.82, 2.24) is 19.9 Å². The molecule has 4 aromatic carbocycles. The predicted octanol–water partition coefficient (Wildman–Crippen LogP) is 19.1. The zero-order chi connectivity index (χ0) is 73.9. The Kier molecular flexibility index (Phi) is 25.5. The molecule has 2 aromatic heterocycles. The van der Waals surface area contributed by atoms with Gasteiger partial charge in [0.2, 0.25) is 11.9 Å². The predicted molar refractivity (Wildman–Crippen MR) is 326 cm³/mol. The quantitative estimate of drug-likeness (QED) is 0.0474. The van der Waals surface area contributed by atoms with E-state index in [-0.39, 0.29) is 110 Å². The van der Waals surface area contributed by atoms with E-state index < -0.39 is 137 Å². The first-order valence-corrected chi connectivity index (χ1v) is 31.4. The number of aliphatic carboxylic acids is 1. The molecule has 0 radical (unpaired) electrons. The third kappa shape index (κ3) is 20.1. The van der Waals surface area contributed by atoms with E-state index in [1.165, 1.54) is 38.9 Å². The van der Waals surface area contributed by atoms with Crippen molar-refractivity contribution in [3.8, 4) is 11.5 Å². The zero-order valence-electron chi connectivity index (χ0n) is 54.0. The molecule has 0 unspecified atom stereocenters. The van der Waals surface area contributed by atoms with Crippen LogP contribution in [-0.4, -0.2) is 81.7 Å². The second-order valence-corrected chi connectivity index (χ2v) is 23.1. The van der Waals surface area contributed by atoms with Gasteiger partial charge in [-0.25, -0.2) is 29.5 Å². The van der Waals surface area contributed by atoms with E-state index in [0.29, 0.717) is 43.7 Å². The molecule has 546 valence electrons. The first-order valence-electron chi connectivity index (χ1n) is 31.4. The maximum absolute atomic E-state index is 14.0. The maximum Gasteiger partial charge on any atom is 0.416 e. The summed E-state index contributed by atoms with van der Waals surface area (Å²) in [4.78, 5) is 58.8. The fourth-order valence-corrected chi connectivity index (χ4v) is 11.4. The van der Waals surface area contributed by atoms with Crippen molar-refractivity contribution in [2.24, 2.45) is 0 Å². The minimum Gasteiger partial charge on any atom is -0.490 e. The number of anilines is 4. The first kappa shape index (κ1) is 78.3. The van der Waals surface area contributed by atoms with Crippen LogP contribution < -0.4 is 29.1 Å². The van der Waals surface area contributed by atoms with E-state index >= 15 is 0 Å². The Balaban J connectivity index is 0.000000281. The lowest BCUT2D eigenvalue weighted by Crippen LogP contribution is -2.48. The Morgan fingerprint density at radius 1 is 0.460 bits per heavy atom. The molecular formula is C66H68F18N8O8. The number of fused-ring (bicyclic) bond motifs is 2. The molecule has 0 fully saturated rings. The van der Waals surface area contributed by atoms with Crippen LogP contribution >= 0.6 is 0 Å². The average Bonchev–Trinajstić information content (AvgIpc) is 0.755. The molecule has 0 bridgehead atoms. The number of nitrogens with zero attached hydrogens (tertiary/aromatic N) is 8. The normalized spacial score (nSPS) is 16.6. The number of carboxylic acids is 1. The molecule has 34 heteroatoms. The second kappa shape index (κ2) is 32.5. The van der Waals surface area contributed by atoms with Crippen LogP contribution in [0.4, 0.5) is 112 Å². The number of unbranched alkanes of at least 4 members (excludes halogenated alkanes) is 3. The molecule has 100 heavy (non-hydrogen) atoms. The smallest absolute Gasteiger partial charge is 0.416 e. The highest BCUT2D eigenvalue weighted by Gasteiger charge is 2.46. The summed E-state index contributed by atoms with van der Waals surface area (Å²) in [5, 5.41) is 8.79. The molecule has 2 amide bonds. The molecule has 4 atom stereocenters. The molecule has 0 spiro atoms. The number of amides is 2. The second-order valence-electron chi connectivity index (χ2n) is 23.1. The van der Waals surface area contributed by atoms with Crippen LogP contribution in [0.5, 0.6) is 11.5 Å². The van der Waals surface area contributed by atoms with Crippen LogP contribution in [0.15, 0.2) is 97.6 Å². The number of carbonyl (C=O) groups excluding carboxylic acids is 2. The lowest BCUT2D eigenvalue weighted by Gasteiger charge is -2.44. The fraction of sp³-hybridized carbons (Fsp3) is 0.470. The van der Waals surface area contributed by atoms with E-state index in [1.54, 1.807) is 20.8 Å². The number of hydrogen-bond acceptors (Lipinski definition) is 13. The monoisotopic (exact) mass is 1440 g/mol. The highest BCUT2D eigenvalue weighted by molar-refractivity contribution is 5.91. The van der Waals surface area contributed by atoms with Crippen LogP contribution in [0.3, 0.4) is 0 Å². The lowest BCUT2D eigenvalue weighted by molar-refractivity contribution is -0.144. The zero-order valence-corrected chi connectivity index (χ0v) is 54.0. The van der Waals surface area contributed by atoms with Gasteiger partial charge < -0.3 is 33.9 Å². The molecule has 16 nitrogen and oxygen atoms in total. The van der Waals surface area contributed by atoms with E-state index in [1.807, 2.05) is 6.92 Å². The molecule has 0 saturated carbocycles. The van der Waals surface area contributed by atoms with Gasteiger partial charge in [-0.1, -0.05) is 33.6 Å². The average molecular weight is 1440 g/mol. The van der Waals surface area contributed by atoms with Gasteiger partial charge in [0.15, 0.2) is 11.5 Å².